The fourth-order valence-corrected chi connectivity index (χ4v) is 1.90. The van der Waals surface area contributed by atoms with E-state index in [1.165, 1.54) is 12.4 Å². The number of nitrogens with zero attached hydrogens (tertiary/aromatic N) is 1. The Balaban J connectivity index is 2.29. The summed E-state index contributed by atoms with van der Waals surface area (Å²) in [6.45, 7) is 2.13. The van der Waals surface area contributed by atoms with Crippen molar-refractivity contribution in [2.24, 2.45) is 4.99 Å². The summed E-state index contributed by atoms with van der Waals surface area (Å²) in [6.07, 6.45) is 2.83. The van der Waals surface area contributed by atoms with Crippen molar-refractivity contribution in [3.8, 4) is 0 Å². The van der Waals surface area contributed by atoms with E-state index < -0.39 is 5.97 Å². The van der Waals surface area contributed by atoms with Crippen molar-refractivity contribution >= 4 is 35.5 Å². The zero-order chi connectivity index (χ0) is 15.2. The lowest BCUT2D eigenvalue weighted by Crippen LogP contribution is -2.25. The molecule has 0 atom stereocenters. The van der Waals surface area contributed by atoms with Crippen LogP contribution in [0.1, 0.15) is 17.3 Å². The third-order valence-corrected chi connectivity index (χ3v) is 2.93. The van der Waals surface area contributed by atoms with E-state index in [-0.39, 0.29) is 24.8 Å². The number of carbonyl (C=O) groups excluding carboxylic acids is 2. The zero-order valence-corrected chi connectivity index (χ0v) is 12.1. The van der Waals surface area contributed by atoms with Gasteiger partial charge < -0.3 is 15.4 Å². The fourth-order valence-electron chi connectivity index (χ4n) is 1.73. The molecule has 2 N–H and O–H groups in total. The van der Waals surface area contributed by atoms with Crippen molar-refractivity contribution in [2.45, 2.75) is 6.92 Å². The van der Waals surface area contributed by atoms with Gasteiger partial charge in [-0.15, -0.1) is 0 Å². The molecule has 0 aliphatic carbocycles. The fraction of sp³-hybridized carbons (Fsp3) is 0.214. The minimum absolute atomic E-state index is 0.127. The largest absolute Gasteiger partial charge is 0.461 e. The van der Waals surface area contributed by atoms with Crippen molar-refractivity contribution in [1.29, 1.82) is 0 Å². The summed E-state index contributed by atoms with van der Waals surface area (Å²) in [5.41, 5.74) is 1.08. The lowest BCUT2D eigenvalue weighted by atomic mass is 10.1. The number of hydrogen-bond acceptors (Lipinski definition) is 5. The van der Waals surface area contributed by atoms with Crippen LogP contribution in [-0.4, -0.2) is 31.4 Å². The van der Waals surface area contributed by atoms with Crippen LogP contribution in [0.5, 0.6) is 0 Å². The second kappa shape index (κ2) is 6.90. The topological polar surface area (TPSA) is 79.8 Å². The molecule has 1 heterocycles. The summed E-state index contributed by atoms with van der Waals surface area (Å²) >= 11 is 5.89. The van der Waals surface area contributed by atoms with Gasteiger partial charge in [0.25, 0.3) is 5.91 Å². The minimum Gasteiger partial charge on any atom is -0.461 e. The van der Waals surface area contributed by atoms with Gasteiger partial charge in [0.15, 0.2) is 0 Å². The maximum Gasteiger partial charge on any atom is 0.356 e. The number of esters is 1. The second-order valence-corrected chi connectivity index (χ2v) is 4.55. The average molecular weight is 308 g/mol. The maximum atomic E-state index is 12.1. The first-order chi connectivity index (χ1) is 10.1. The average Bonchev–Trinajstić information content (AvgIpc) is 2.46. The van der Waals surface area contributed by atoms with E-state index in [9.17, 15) is 9.59 Å². The Morgan fingerprint density at radius 1 is 1.48 bits per heavy atom. The molecule has 21 heavy (non-hydrogen) atoms. The Hall–Kier alpha value is -2.34. The molecule has 110 valence electrons. The predicted molar refractivity (Wildman–Crippen MR) is 80.6 cm³/mol. The highest BCUT2D eigenvalue weighted by Crippen LogP contribution is 2.20. The highest BCUT2D eigenvalue weighted by molar-refractivity contribution is 6.31. The van der Waals surface area contributed by atoms with Gasteiger partial charge in [0, 0.05) is 11.6 Å². The third-order valence-electron chi connectivity index (χ3n) is 2.69. The van der Waals surface area contributed by atoms with E-state index in [1.807, 2.05) is 0 Å². The lowest BCUT2D eigenvalue weighted by Gasteiger charge is -2.11. The summed E-state index contributed by atoms with van der Waals surface area (Å²) in [5, 5.41) is 5.99. The smallest absolute Gasteiger partial charge is 0.356 e. The second-order valence-electron chi connectivity index (χ2n) is 4.11. The number of amides is 1. The van der Waals surface area contributed by atoms with Crippen LogP contribution in [0, 0.1) is 0 Å². The first-order valence-electron chi connectivity index (χ1n) is 6.36. The van der Waals surface area contributed by atoms with Crippen LogP contribution in [0.25, 0.3) is 0 Å². The van der Waals surface area contributed by atoms with E-state index in [2.05, 4.69) is 15.6 Å². The number of halogens is 1. The number of fused-ring (bicyclic) bond motifs is 1. The van der Waals surface area contributed by atoms with Crippen LogP contribution >= 0.6 is 11.6 Å². The van der Waals surface area contributed by atoms with Crippen molar-refractivity contribution in [1.82, 2.24) is 5.32 Å². The molecular weight excluding hydrogens is 294 g/mol. The number of anilines is 1. The Kier molecular flexibility index (Phi) is 4.94. The summed E-state index contributed by atoms with van der Waals surface area (Å²) < 4.78 is 4.88. The lowest BCUT2D eigenvalue weighted by molar-refractivity contribution is -0.138. The number of benzene rings is 1. The van der Waals surface area contributed by atoms with E-state index in [0.717, 1.165) is 0 Å². The molecule has 1 aliphatic heterocycles. The number of nitrogens with one attached hydrogen (secondary N) is 2. The Labute approximate surface area is 126 Å². The quantitative estimate of drug-likeness (QED) is 0.819. The van der Waals surface area contributed by atoms with Gasteiger partial charge in [-0.25, -0.2) is 9.79 Å². The monoisotopic (exact) mass is 307 g/mol. The van der Waals surface area contributed by atoms with Gasteiger partial charge in [0.05, 0.1) is 24.2 Å². The summed E-state index contributed by atoms with van der Waals surface area (Å²) in [7, 11) is 0. The van der Waals surface area contributed by atoms with Gasteiger partial charge in [0.1, 0.15) is 5.70 Å². The minimum atomic E-state index is -0.540. The molecule has 0 bridgehead atoms. The van der Waals surface area contributed by atoms with Crippen molar-refractivity contribution in [3.63, 3.8) is 0 Å². The highest BCUT2D eigenvalue weighted by atomic mass is 35.5. The standard InChI is InChI=1S/C14H14ClN3O3/c1-2-21-14(20)12-5-6-16-13(19)10-7-9(15)3-4-11(10)17-8-18-12/h3-5,7-8H,2,6H2,1H3,(H,16,19)(H,17,18). The van der Waals surface area contributed by atoms with Crippen molar-refractivity contribution in [3.05, 3.63) is 40.6 Å². The number of carbonyl (C=O) groups is 2. The molecule has 0 radical (unpaired) electrons. The molecule has 0 aromatic heterocycles. The Morgan fingerprint density at radius 2 is 2.29 bits per heavy atom. The van der Waals surface area contributed by atoms with E-state index in [1.54, 1.807) is 25.1 Å². The number of aliphatic imine (C=N–C) groups is 1. The molecule has 1 aromatic carbocycles. The molecule has 2 rings (SSSR count). The normalized spacial score (nSPS) is 14.4. The molecule has 7 heteroatoms. The zero-order valence-electron chi connectivity index (χ0n) is 11.4. The molecule has 6 nitrogen and oxygen atoms in total. The van der Waals surface area contributed by atoms with E-state index >= 15 is 0 Å². The molecule has 0 fully saturated rings. The van der Waals surface area contributed by atoms with Crippen molar-refractivity contribution in [2.75, 3.05) is 18.5 Å². The summed E-state index contributed by atoms with van der Waals surface area (Å²) in [4.78, 5) is 27.8. The summed E-state index contributed by atoms with van der Waals surface area (Å²) in [5.74, 6) is -0.837. The van der Waals surface area contributed by atoms with Crippen LogP contribution in [0.2, 0.25) is 5.02 Å². The van der Waals surface area contributed by atoms with Crippen LogP contribution in [0.3, 0.4) is 0 Å². The summed E-state index contributed by atoms with van der Waals surface area (Å²) in [6, 6.07) is 4.88. The molecule has 1 amide bonds. The number of rotatable bonds is 2. The van der Waals surface area contributed by atoms with E-state index in [4.69, 9.17) is 16.3 Å². The SMILES string of the molecule is CCOC(=O)C1=CCNC(=O)c2cc(Cl)ccc2NC=N1. The van der Waals surface area contributed by atoms with Crippen LogP contribution in [0.4, 0.5) is 5.69 Å². The first-order valence-corrected chi connectivity index (χ1v) is 6.73. The van der Waals surface area contributed by atoms with Crippen molar-refractivity contribution < 1.29 is 14.3 Å². The molecule has 1 aromatic rings. The van der Waals surface area contributed by atoms with E-state index in [0.29, 0.717) is 16.3 Å². The number of ether oxygens (including phenoxy) is 1. The Morgan fingerprint density at radius 3 is 3.05 bits per heavy atom. The molecular formula is C14H14ClN3O3. The Bertz CT molecular complexity index is 626. The number of hydrogen-bond donors (Lipinski definition) is 2. The maximum absolute atomic E-state index is 12.1. The van der Waals surface area contributed by atoms with Gasteiger partial charge in [0.2, 0.25) is 0 Å². The first kappa shape index (κ1) is 15.1. The van der Waals surface area contributed by atoms with Gasteiger partial charge in [-0.3, -0.25) is 4.79 Å². The van der Waals surface area contributed by atoms with Gasteiger partial charge >= 0.3 is 5.97 Å². The third kappa shape index (κ3) is 3.82. The van der Waals surface area contributed by atoms with Gasteiger partial charge in [-0.05, 0) is 31.2 Å². The highest BCUT2D eigenvalue weighted by Gasteiger charge is 2.14. The molecule has 0 saturated carbocycles. The predicted octanol–water partition coefficient (Wildman–Crippen LogP) is 1.97. The molecule has 0 spiro atoms. The van der Waals surface area contributed by atoms with Crippen LogP contribution < -0.4 is 10.6 Å². The van der Waals surface area contributed by atoms with Gasteiger partial charge in [-0.1, -0.05) is 11.6 Å². The molecule has 0 saturated heterocycles. The van der Waals surface area contributed by atoms with Crippen LogP contribution in [0.15, 0.2) is 35.0 Å². The van der Waals surface area contributed by atoms with Gasteiger partial charge in [-0.2, -0.15) is 0 Å². The van der Waals surface area contributed by atoms with Crippen LogP contribution in [-0.2, 0) is 9.53 Å². The molecule has 0 unspecified atom stereocenters. The molecule has 1 aliphatic rings.